The highest BCUT2D eigenvalue weighted by molar-refractivity contribution is 7.98. The van der Waals surface area contributed by atoms with Crippen LogP contribution in [-0.4, -0.2) is 25.4 Å². The Balaban J connectivity index is 2.47. The number of thioether (sulfide) groups is 2. The van der Waals surface area contributed by atoms with Crippen molar-refractivity contribution >= 4 is 29.3 Å². The van der Waals surface area contributed by atoms with Gasteiger partial charge in [0.1, 0.15) is 0 Å². The van der Waals surface area contributed by atoms with Crippen molar-refractivity contribution in [2.45, 2.75) is 16.7 Å². The van der Waals surface area contributed by atoms with Gasteiger partial charge in [-0.25, -0.2) is 4.52 Å². The van der Waals surface area contributed by atoms with Crippen molar-refractivity contribution in [1.82, 2.24) is 19.2 Å². The van der Waals surface area contributed by atoms with Crippen LogP contribution in [0.25, 0.3) is 5.78 Å². The third kappa shape index (κ3) is 1.24. The average molecular weight is 254 g/mol. The molecule has 3 heterocycles. The van der Waals surface area contributed by atoms with E-state index in [2.05, 4.69) is 10.1 Å². The Morgan fingerprint density at radius 1 is 1.44 bits per heavy atom. The number of aryl methyl sites for hydroxylation is 1. The minimum atomic E-state index is 0.0625. The average Bonchev–Trinajstić information content (AvgIpc) is 2.91. The summed E-state index contributed by atoms with van der Waals surface area (Å²) in [5.74, 6) is 2.27. The summed E-state index contributed by atoms with van der Waals surface area (Å²) in [7, 11) is 1.75. The normalized spacial score (nSPS) is 14.6. The predicted molar refractivity (Wildman–Crippen MR) is 65.0 cm³/mol. The van der Waals surface area contributed by atoms with Crippen molar-refractivity contribution in [2.24, 2.45) is 7.05 Å². The zero-order valence-corrected chi connectivity index (χ0v) is 10.6. The third-order valence-corrected chi connectivity index (χ3v) is 4.21. The number of hydrogen-bond acceptors (Lipinski definition) is 5. The van der Waals surface area contributed by atoms with Crippen LogP contribution >= 0.6 is 23.5 Å². The van der Waals surface area contributed by atoms with Crippen LogP contribution in [0.1, 0.15) is 11.3 Å². The van der Waals surface area contributed by atoms with E-state index in [4.69, 9.17) is 0 Å². The molecule has 0 N–H and O–H groups in total. The van der Waals surface area contributed by atoms with E-state index in [0.717, 1.165) is 22.8 Å². The van der Waals surface area contributed by atoms with E-state index in [1.165, 1.54) is 11.8 Å². The minimum absolute atomic E-state index is 0.0625. The summed E-state index contributed by atoms with van der Waals surface area (Å²) in [6, 6.07) is 0. The summed E-state index contributed by atoms with van der Waals surface area (Å²) >= 11 is 3.24. The van der Waals surface area contributed by atoms with Gasteiger partial charge in [0.2, 0.25) is 10.9 Å². The molecule has 5 nitrogen and oxygen atoms in total. The molecule has 84 valence electrons. The first kappa shape index (κ1) is 10.2. The van der Waals surface area contributed by atoms with Gasteiger partial charge in [-0.3, -0.25) is 9.36 Å². The maximum atomic E-state index is 12.0. The Bertz CT molecular complexity index is 630. The van der Waals surface area contributed by atoms with Gasteiger partial charge in [-0.05, 0) is 6.26 Å². The Labute approximate surface area is 100 Å². The van der Waals surface area contributed by atoms with Crippen molar-refractivity contribution in [3.05, 3.63) is 21.6 Å². The first-order valence-corrected chi connectivity index (χ1v) is 7.19. The van der Waals surface area contributed by atoms with Crippen LogP contribution in [0.3, 0.4) is 0 Å². The number of nitrogens with zero attached hydrogens (tertiary/aromatic N) is 4. The lowest BCUT2D eigenvalue weighted by Crippen LogP contribution is -2.24. The maximum absolute atomic E-state index is 12.0. The summed E-state index contributed by atoms with van der Waals surface area (Å²) in [5, 5.41) is 5.11. The van der Waals surface area contributed by atoms with Crippen molar-refractivity contribution in [3.8, 4) is 0 Å². The first-order valence-electron chi connectivity index (χ1n) is 4.81. The molecule has 2 aromatic heterocycles. The first-order chi connectivity index (χ1) is 7.72. The quantitative estimate of drug-likeness (QED) is 0.708. The Morgan fingerprint density at radius 3 is 3.00 bits per heavy atom. The molecule has 3 rings (SSSR count). The largest absolute Gasteiger partial charge is 0.280 e. The molecule has 7 heteroatoms. The van der Waals surface area contributed by atoms with Gasteiger partial charge in [-0.15, -0.1) is 5.10 Å². The molecule has 16 heavy (non-hydrogen) atoms. The molecule has 0 spiro atoms. The van der Waals surface area contributed by atoms with E-state index < -0.39 is 0 Å². The van der Waals surface area contributed by atoms with E-state index in [1.807, 2.05) is 10.8 Å². The lowest BCUT2D eigenvalue weighted by Gasteiger charge is -2.04. The molecule has 0 amide bonds. The monoisotopic (exact) mass is 254 g/mol. The van der Waals surface area contributed by atoms with Gasteiger partial charge in [-0.2, -0.15) is 16.7 Å². The number of aromatic nitrogens is 4. The second kappa shape index (κ2) is 3.53. The van der Waals surface area contributed by atoms with Crippen LogP contribution in [0, 0.1) is 0 Å². The minimum Gasteiger partial charge on any atom is -0.280 e. The number of rotatable bonds is 1. The predicted octanol–water partition coefficient (Wildman–Crippen LogP) is 0.897. The molecule has 0 saturated heterocycles. The molecular formula is C9H10N4OS2. The Kier molecular flexibility index (Phi) is 2.25. The molecule has 0 fully saturated rings. The molecule has 0 bridgehead atoms. The number of fused-ring (bicyclic) bond motifs is 3. The summed E-state index contributed by atoms with van der Waals surface area (Å²) in [6.45, 7) is 0. The molecule has 0 radical (unpaired) electrons. The van der Waals surface area contributed by atoms with Crippen LogP contribution in [0.2, 0.25) is 0 Å². The zero-order chi connectivity index (χ0) is 11.3. The van der Waals surface area contributed by atoms with Crippen LogP contribution < -0.4 is 5.56 Å². The highest BCUT2D eigenvalue weighted by atomic mass is 32.2. The van der Waals surface area contributed by atoms with Crippen LogP contribution in [0.5, 0.6) is 0 Å². The zero-order valence-electron chi connectivity index (χ0n) is 8.93. The molecule has 2 aromatic rings. The van der Waals surface area contributed by atoms with Crippen LogP contribution in [0.15, 0.2) is 9.95 Å². The maximum Gasteiger partial charge on any atom is 0.259 e. The van der Waals surface area contributed by atoms with Gasteiger partial charge in [0.05, 0.1) is 5.69 Å². The molecule has 0 atom stereocenters. The van der Waals surface area contributed by atoms with Gasteiger partial charge >= 0.3 is 0 Å². The molecule has 1 aliphatic rings. The molecule has 1 aliphatic heterocycles. The second-order valence-corrected chi connectivity index (χ2v) is 5.35. The molecule has 0 unspecified atom stereocenters. The standard InChI is InChI=1S/C9H10N4OS2/c1-12-7(14)5-3-16-4-6(5)13-9(12)10-8(11-13)15-2/h3-4H2,1-2H3. The topological polar surface area (TPSA) is 52.2 Å². The molecular weight excluding hydrogens is 244 g/mol. The van der Waals surface area contributed by atoms with Gasteiger partial charge in [0.25, 0.3) is 5.56 Å². The molecule has 0 aliphatic carbocycles. The molecule has 0 aromatic carbocycles. The highest BCUT2D eigenvalue weighted by Crippen LogP contribution is 2.27. The molecule has 0 saturated carbocycles. The summed E-state index contributed by atoms with van der Waals surface area (Å²) in [5.41, 5.74) is 1.95. The van der Waals surface area contributed by atoms with Crippen molar-refractivity contribution in [2.75, 3.05) is 6.26 Å². The number of hydrogen-bond donors (Lipinski definition) is 0. The van der Waals surface area contributed by atoms with Crippen LogP contribution in [-0.2, 0) is 18.6 Å². The van der Waals surface area contributed by atoms with Gasteiger partial charge in [-0.1, -0.05) is 11.8 Å². The lowest BCUT2D eigenvalue weighted by atomic mass is 10.3. The van der Waals surface area contributed by atoms with Gasteiger partial charge in [0, 0.05) is 24.1 Å². The fourth-order valence-corrected chi connectivity index (χ4v) is 3.28. The fraction of sp³-hybridized carbons (Fsp3) is 0.444. The van der Waals surface area contributed by atoms with Crippen molar-refractivity contribution in [1.29, 1.82) is 0 Å². The summed E-state index contributed by atoms with van der Waals surface area (Å²) in [4.78, 5) is 16.4. The summed E-state index contributed by atoms with van der Waals surface area (Å²) in [6.07, 6.45) is 1.93. The Hall–Kier alpha value is -0.950. The van der Waals surface area contributed by atoms with E-state index in [0.29, 0.717) is 10.9 Å². The fourth-order valence-electron chi connectivity index (χ4n) is 1.86. The van der Waals surface area contributed by atoms with Crippen LogP contribution in [0.4, 0.5) is 0 Å². The Morgan fingerprint density at radius 2 is 2.25 bits per heavy atom. The smallest absolute Gasteiger partial charge is 0.259 e. The summed E-state index contributed by atoms with van der Waals surface area (Å²) < 4.78 is 3.39. The lowest BCUT2D eigenvalue weighted by molar-refractivity contribution is 0.771. The van der Waals surface area contributed by atoms with E-state index in [9.17, 15) is 4.79 Å². The van der Waals surface area contributed by atoms with E-state index in [-0.39, 0.29) is 5.56 Å². The van der Waals surface area contributed by atoms with E-state index in [1.54, 1.807) is 23.4 Å². The third-order valence-electron chi connectivity index (χ3n) is 2.71. The second-order valence-electron chi connectivity index (χ2n) is 3.59. The SMILES string of the molecule is CSc1nc2n(C)c(=O)c3c(n2n1)CSC3. The highest BCUT2D eigenvalue weighted by Gasteiger charge is 2.22. The van der Waals surface area contributed by atoms with Crippen molar-refractivity contribution < 1.29 is 0 Å². The van der Waals surface area contributed by atoms with E-state index >= 15 is 0 Å². The van der Waals surface area contributed by atoms with Crippen molar-refractivity contribution in [3.63, 3.8) is 0 Å². The van der Waals surface area contributed by atoms with Gasteiger partial charge in [0.15, 0.2) is 0 Å². The van der Waals surface area contributed by atoms with Gasteiger partial charge < -0.3 is 0 Å².